The molecule has 3 aromatic heterocycles. The van der Waals surface area contributed by atoms with Crippen LogP contribution in [0.25, 0.3) is 28.3 Å². The Bertz CT molecular complexity index is 1150. The van der Waals surface area contributed by atoms with E-state index in [0.717, 1.165) is 0 Å². The van der Waals surface area contributed by atoms with E-state index < -0.39 is 6.17 Å². The first-order valence-corrected chi connectivity index (χ1v) is 9.08. The van der Waals surface area contributed by atoms with Gasteiger partial charge in [-0.05, 0) is 62.1 Å². The molecule has 0 saturated carbocycles. The number of alkyl halides is 1. The zero-order valence-electron chi connectivity index (χ0n) is 16.0. The minimum atomic E-state index is -1.14. The van der Waals surface area contributed by atoms with Gasteiger partial charge in [0, 0.05) is 24.5 Å². The molecule has 0 spiro atoms. The standard InChI is InChI=1S/C21H20F2N6/c1-28(2)12-16(23)14-8-10-29-18(11-14)27-19(13-3-5-15(22)6-4-13)20(29)17-7-9-25-21(24)26-17/h3-11,16H,12H2,1-2H3,(H2,24,25,26). The van der Waals surface area contributed by atoms with Crippen molar-refractivity contribution in [2.24, 2.45) is 0 Å². The van der Waals surface area contributed by atoms with Crippen molar-refractivity contribution in [2.75, 3.05) is 26.4 Å². The molecule has 1 aromatic carbocycles. The normalized spacial score (nSPS) is 12.6. The summed E-state index contributed by atoms with van der Waals surface area (Å²) in [6, 6.07) is 11.2. The summed E-state index contributed by atoms with van der Waals surface area (Å²) in [5.74, 6) is -0.203. The van der Waals surface area contributed by atoms with Crippen molar-refractivity contribution in [3.8, 4) is 22.6 Å². The molecular formula is C21H20F2N6. The van der Waals surface area contributed by atoms with Gasteiger partial charge in [0.1, 0.15) is 17.6 Å². The predicted octanol–water partition coefficient (Wildman–Crippen LogP) is 3.75. The number of imidazole rings is 1. The zero-order valence-corrected chi connectivity index (χ0v) is 16.0. The maximum Gasteiger partial charge on any atom is 0.220 e. The molecule has 6 nitrogen and oxygen atoms in total. The van der Waals surface area contributed by atoms with Crippen LogP contribution in [0.5, 0.6) is 0 Å². The van der Waals surface area contributed by atoms with Crippen molar-refractivity contribution >= 4 is 11.6 Å². The molecule has 0 saturated heterocycles. The minimum Gasteiger partial charge on any atom is -0.368 e. The second kappa shape index (κ2) is 7.56. The van der Waals surface area contributed by atoms with Crippen LogP contribution in [0.1, 0.15) is 11.7 Å². The number of hydrogen-bond acceptors (Lipinski definition) is 5. The summed E-state index contributed by atoms with van der Waals surface area (Å²) in [6.45, 7) is 0.275. The van der Waals surface area contributed by atoms with Gasteiger partial charge in [0.15, 0.2) is 0 Å². The molecule has 0 fully saturated rings. The topological polar surface area (TPSA) is 72.3 Å². The summed E-state index contributed by atoms with van der Waals surface area (Å²) in [5, 5.41) is 0. The van der Waals surface area contributed by atoms with E-state index in [1.807, 2.05) is 18.5 Å². The van der Waals surface area contributed by atoms with E-state index in [2.05, 4.69) is 9.97 Å². The van der Waals surface area contributed by atoms with Gasteiger partial charge in [-0.1, -0.05) is 0 Å². The molecule has 1 unspecified atom stereocenters. The molecule has 3 heterocycles. The Kier molecular flexibility index (Phi) is 4.94. The molecule has 148 valence electrons. The summed E-state index contributed by atoms with van der Waals surface area (Å²) in [5.41, 5.74) is 9.44. The third kappa shape index (κ3) is 3.79. The van der Waals surface area contributed by atoms with Crippen LogP contribution in [0.4, 0.5) is 14.7 Å². The summed E-state index contributed by atoms with van der Waals surface area (Å²) < 4.78 is 29.9. The molecule has 1 atom stereocenters. The second-order valence-electron chi connectivity index (χ2n) is 7.03. The van der Waals surface area contributed by atoms with Gasteiger partial charge in [0.05, 0.1) is 17.1 Å². The maximum absolute atomic E-state index is 14.6. The van der Waals surface area contributed by atoms with Gasteiger partial charge in [-0.15, -0.1) is 0 Å². The molecule has 4 aromatic rings. The lowest BCUT2D eigenvalue weighted by Crippen LogP contribution is -2.17. The first kappa shape index (κ1) is 18.9. The lowest BCUT2D eigenvalue weighted by Gasteiger charge is -2.14. The van der Waals surface area contributed by atoms with Gasteiger partial charge in [-0.25, -0.2) is 23.7 Å². The zero-order chi connectivity index (χ0) is 20.5. The van der Waals surface area contributed by atoms with Crippen molar-refractivity contribution in [1.29, 1.82) is 0 Å². The average Bonchev–Trinajstić information content (AvgIpc) is 3.06. The number of benzene rings is 1. The Hall–Kier alpha value is -3.39. The van der Waals surface area contributed by atoms with Gasteiger partial charge in [-0.3, -0.25) is 4.40 Å². The number of pyridine rings is 1. The Morgan fingerprint density at radius 3 is 2.55 bits per heavy atom. The average molecular weight is 394 g/mol. The molecule has 0 amide bonds. The van der Waals surface area contributed by atoms with Crippen molar-refractivity contribution in [3.63, 3.8) is 0 Å². The summed E-state index contributed by atoms with van der Waals surface area (Å²) in [4.78, 5) is 14.8. The Balaban J connectivity index is 1.92. The van der Waals surface area contributed by atoms with Crippen molar-refractivity contribution < 1.29 is 8.78 Å². The van der Waals surface area contributed by atoms with Crippen LogP contribution in [0.3, 0.4) is 0 Å². The fourth-order valence-electron chi connectivity index (χ4n) is 3.24. The van der Waals surface area contributed by atoms with Crippen molar-refractivity contribution in [3.05, 3.63) is 66.2 Å². The Morgan fingerprint density at radius 2 is 1.86 bits per heavy atom. The number of fused-ring (bicyclic) bond motifs is 1. The smallest absolute Gasteiger partial charge is 0.220 e. The fraction of sp³-hybridized carbons (Fsp3) is 0.190. The molecule has 0 radical (unpaired) electrons. The van der Waals surface area contributed by atoms with Crippen LogP contribution >= 0.6 is 0 Å². The van der Waals surface area contributed by atoms with Crippen LogP contribution < -0.4 is 5.73 Å². The molecule has 0 aliphatic carbocycles. The lowest BCUT2D eigenvalue weighted by molar-refractivity contribution is 0.251. The number of halogens is 2. The largest absolute Gasteiger partial charge is 0.368 e. The first-order chi connectivity index (χ1) is 13.9. The summed E-state index contributed by atoms with van der Waals surface area (Å²) in [7, 11) is 3.65. The Morgan fingerprint density at radius 1 is 1.10 bits per heavy atom. The van der Waals surface area contributed by atoms with E-state index >= 15 is 0 Å². The van der Waals surface area contributed by atoms with Crippen LogP contribution in [-0.2, 0) is 0 Å². The molecule has 0 aliphatic heterocycles. The fourth-order valence-corrected chi connectivity index (χ4v) is 3.24. The highest BCUT2D eigenvalue weighted by Crippen LogP contribution is 2.33. The summed E-state index contributed by atoms with van der Waals surface area (Å²) >= 11 is 0. The van der Waals surface area contributed by atoms with Crippen LogP contribution in [0.2, 0.25) is 0 Å². The number of likely N-dealkylation sites (N-methyl/N-ethyl adjacent to an activating group) is 1. The predicted molar refractivity (Wildman–Crippen MR) is 108 cm³/mol. The van der Waals surface area contributed by atoms with E-state index in [4.69, 9.17) is 10.7 Å². The van der Waals surface area contributed by atoms with E-state index in [9.17, 15) is 8.78 Å². The molecule has 0 aliphatic rings. The molecule has 2 N–H and O–H groups in total. The highest BCUT2D eigenvalue weighted by atomic mass is 19.1. The molecular weight excluding hydrogens is 374 g/mol. The number of anilines is 1. The maximum atomic E-state index is 14.6. The number of hydrogen-bond donors (Lipinski definition) is 1. The highest BCUT2D eigenvalue weighted by Gasteiger charge is 2.19. The minimum absolute atomic E-state index is 0.133. The Labute approximate surface area is 166 Å². The molecule has 29 heavy (non-hydrogen) atoms. The molecule has 4 rings (SSSR count). The summed E-state index contributed by atoms with van der Waals surface area (Å²) in [6.07, 6.45) is 2.19. The van der Waals surface area contributed by atoms with E-state index in [1.165, 1.54) is 12.1 Å². The SMILES string of the molecule is CN(C)CC(F)c1ccn2c(-c3ccnc(N)n3)c(-c3ccc(F)cc3)nc2c1. The van der Waals surface area contributed by atoms with E-state index in [-0.39, 0.29) is 18.3 Å². The van der Waals surface area contributed by atoms with Crippen LogP contribution in [-0.4, -0.2) is 44.9 Å². The second-order valence-corrected chi connectivity index (χ2v) is 7.03. The van der Waals surface area contributed by atoms with Crippen molar-refractivity contribution in [2.45, 2.75) is 6.17 Å². The van der Waals surface area contributed by atoms with Crippen LogP contribution in [0.15, 0.2) is 54.9 Å². The number of nitrogen functional groups attached to an aromatic ring is 1. The third-order valence-corrected chi connectivity index (χ3v) is 4.57. The number of nitrogens with two attached hydrogens (primary N) is 1. The highest BCUT2D eigenvalue weighted by molar-refractivity contribution is 5.80. The van der Waals surface area contributed by atoms with Gasteiger partial charge in [0.25, 0.3) is 0 Å². The van der Waals surface area contributed by atoms with Crippen molar-refractivity contribution in [1.82, 2.24) is 24.3 Å². The van der Waals surface area contributed by atoms with E-state index in [0.29, 0.717) is 33.9 Å². The van der Waals surface area contributed by atoms with Gasteiger partial charge >= 0.3 is 0 Å². The third-order valence-electron chi connectivity index (χ3n) is 4.57. The van der Waals surface area contributed by atoms with Gasteiger partial charge < -0.3 is 10.6 Å². The monoisotopic (exact) mass is 394 g/mol. The van der Waals surface area contributed by atoms with Gasteiger partial charge in [-0.2, -0.15) is 0 Å². The number of nitrogens with zero attached hydrogens (tertiary/aromatic N) is 5. The molecule has 8 heteroatoms. The quantitative estimate of drug-likeness (QED) is 0.558. The number of aromatic nitrogens is 4. The van der Waals surface area contributed by atoms with Gasteiger partial charge in [0.2, 0.25) is 5.95 Å². The number of rotatable bonds is 5. The van der Waals surface area contributed by atoms with E-state index in [1.54, 1.807) is 47.6 Å². The molecule has 0 bridgehead atoms. The lowest BCUT2D eigenvalue weighted by atomic mass is 10.1. The first-order valence-electron chi connectivity index (χ1n) is 9.08. The van der Waals surface area contributed by atoms with Crippen LogP contribution in [0, 0.1) is 5.82 Å².